The Bertz CT molecular complexity index is 1470. The van der Waals surface area contributed by atoms with E-state index in [2.05, 4.69) is 15.8 Å². The number of carbonyl (C=O) groups excluding carboxylic acids is 2. The monoisotopic (exact) mass is 604 g/mol. The molecule has 1 heterocycles. The molecule has 2 aliphatic carbocycles. The highest BCUT2D eigenvalue weighted by atomic mass is 32.2. The fraction of sp³-hybridized carbons (Fsp3) is 0.469. The van der Waals surface area contributed by atoms with Gasteiger partial charge in [0, 0.05) is 72.6 Å². The van der Waals surface area contributed by atoms with Gasteiger partial charge >= 0.3 is 6.11 Å². The first-order valence-corrected chi connectivity index (χ1v) is 15.2. The lowest BCUT2D eigenvalue weighted by Crippen LogP contribution is -2.35. The molecule has 1 aromatic rings. The minimum Gasteiger partial charge on any atom is -0.437 e. The minimum atomic E-state index is -3.24. The lowest BCUT2D eigenvalue weighted by atomic mass is 9.84. The van der Waals surface area contributed by atoms with Crippen LogP contribution in [-0.4, -0.2) is 46.8 Å². The van der Waals surface area contributed by atoms with Gasteiger partial charge in [0.2, 0.25) is 0 Å². The molecular formula is C32H36F4N2O3S. The van der Waals surface area contributed by atoms with Crippen LogP contribution < -0.4 is 15.8 Å². The van der Waals surface area contributed by atoms with E-state index in [-0.39, 0.29) is 42.6 Å². The van der Waals surface area contributed by atoms with Crippen molar-refractivity contribution in [1.82, 2.24) is 10.2 Å². The normalized spacial score (nSPS) is 18.6. The van der Waals surface area contributed by atoms with Gasteiger partial charge in [0.15, 0.2) is 5.78 Å². The summed E-state index contributed by atoms with van der Waals surface area (Å²) in [6, 6.07) is 3.70. The average molecular weight is 605 g/mol. The summed E-state index contributed by atoms with van der Waals surface area (Å²) in [5.41, 5.74) is 5.93. The van der Waals surface area contributed by atoms with Crippen molar-refractivity contribution in [1.29, 1.82) is 0 Å². The first kappa shape index (κ1) is 31.7. The molecule has 1 unspecified atom stereocenters. The first-order valence-electron chi connectivity index (χ1n) is 14.2. The third-order valence-corrected chi connectivity index (χ3v) is 8.56. The van der Waals surface area contributed by atoms with E-state index in [0.717, 1.165) is 41.0 Å². The number of aryl methyl sites for hydroxylation is 1. The third-order valence-electron chi connectivity index (χ3n) is 7.44. The van der Waals surface area contributed by atoms with Crippen LogP contribution in [0.3, 0.4) is 0 Å². The summed E-state index contributed by atoms with van der Waals surface area (Å²) in [4.78, 5) is 27.8. The molecule has 1 atom stereocenters. The number of fused-ring (bicyclic) bond motifs is 1. The van der Waals surface area contributed by atoms with Gasteiger partial charge in [-0.1, -0.05) is 36.6 Å². The summed E-state index contributed by atoms with van der Waals surface area (Å²) in [5, 5.41) is 1.68. The SMILES string of the molecule is CCC(F)(F)SCCNC(=O)c1cc2c(cc1C)=C=CN(CC1CC=C(C(=O)C3=CC=C(OC(C)(F)F)CC3)CC1)C=2. The number of Topliss-reactive ketones (excluding diaryl/α,β-unsaturated/α-hetero) is 1. The second-order valence-corrected chi connectivity index (χ2v) is 12.2. The molecule has 0 spiro atoms. The number of ketones is 1. The zero-order valence-electron chi connectivity index (χ0n) is 24.1. The molecule has 0 aromatic heterocycles. The number of thioether (sulfide) groups is 1. The van der Waals surface area contributed by atoms with E-state index in [9.17, 15) is 27.2 Å². The summed E-state index contributed by atoms with van der Waals surface area (Å²) in [7, 11) is 0. The topological polar surface area (TPSA) is 58.6 Å². The number of hydrogen-bond donors (Lipinski definition) is 1. The van der Waals surface area contributed by atoms with Gasteiger partial charge in [0.25, 0.3) is 11.2 Å². The number of carbonyl (C=O) groups is 2. The van der Waals surface area contributed by atoms with Crippen LogP contribution in [0.4, 0.5) is 17.6 Å². The highest BCUT2D eigenvalue weighted by Crippen LogP contribution is 2.32. The zero-order chi connectivity index (χ0) is 30.5. The number of amides is 1. The number of ether oxygens (including phenoxy) is 1. The average Bonchev–Trinajstić information content (AvgIpc) is 2.94. The van der Waals surface area contributed by atoms with Crippen LogP contribution in [0.5, 0.6) is 0 Å². The Balaban J connectivity index is 1.34. The maximum Gasteiger partial charge on any atom is 0.394 e. The van der Waals surface area contributed by atoms with E-state index in [0.29, 0.717) is 48.6 Å². The Morgan fingerprint density at radius 3 is 2.57 bits per heavy atom. The summed E-state index contributed by atoms with van der Waals surface area (Å²) >= 11 is 0.540. The van der Waals surface area contributed by atoms with Gasteiger partial charge in [-0.2, -0.15) is 17.6 Å². The Hall–Kier alpha value is -3.23. The highest BCUT2D eigenvalue weighted by Gasteiger charge is 2.28. The van der Waals surface area contributed by atoms with Gasteiger partial charge < -0.3 is 15.0 Å². The molecule has 4 rings (SSSR count). The van der Waals surface area contributed by atoms with Gasteiger partial charge in [-0.05, 0) is 67.9 Å². The second kappa shape index (κ2) is 13.4. The van der Waals surface area contributed by atoms with Crippen molar-refractivity contribution in [3.8, 4) is 0 Å². The predicted molar refractivity (Wildman–Crippen MR) is 157 cm³/mol. The molecule has 10 heteroatoms. The number of nitrogens with zero attached hydrogens (tertiary/aromatic N) is 1. The quantitative estimate of drug-likeness (QED) is 0.237. The van der Waals surface area contributed by atoms with E-state index < -0.39 is 11.4 Å². The highest BCUT2D eigenvalue weighted by molar-refractivity contribution is 8.00. The maximum atomic E-state index is 13.4. The van der Waals surface area contributed by atoms with Crippen LogP contribution in [0.15, 0.2) is 53.5 Å². The largest absolute Gasteiger partial charge is 0.437 e. The van der Waals surface area contributed by atoms with Crippen molar-refractivity contribution < 1.29 is 31.9 Å². The molecule has 3 aliphatic rings. The predicted octanol–water partition coefficient (Wildman–Crippen LogP) is 5.94. The summed E-state index contributed by atoms with van der Waals surface area (Å²) < 4.78 is 57.6. The first-order chi connectivity index (χ1) is 19.8. The van der Waals surface area contributed by atoms with Gasteiger partial charge in [-0.3, -0.25) is 9.59 Å². The Morgan fingerprint density at radius 2 is 1.93 bits per heavy atom. The molecule has 0 saturated heterocycles. The number of halogens is 4. The van der Waals surface area contributed by atoms with E-state index >= 15 is 0 Å². The molecule has 42 heavy (non-hydrogen) atoms. The molecule has 5 nitrogen and oxygen atoms in total. The van der Waals surface area contributed by atoms with Crippen LogP contribution in [0.1, 0.15) is 68.3 Å². The van der Waals surface area contributed by atoms with E-state index in [1.807, 2.05) is 42.4 Å². The molecule has 0 saturated carbocycles. The lowest BCUT2D eigenvalue weighted by Gasteiger charge is -2.27. The minimum absolute atomic E-state index is 0.0301. The van der Waals surface area contributed by atoms with Gasteiger partial charge in [0.05, 0.1) is 0 Å². The van der Waals surface area contributed by atoms with Crippen molar-refractivity contribution in [2.45, 2.75) is 70.7 Å². The summed E-state index contributed by atoms with van der Waals surface area (Å²) in [6.07, 6.45) is 8.25. The number of alkyl halides is 4. The van der Waals surface area contributed by atoms with Gasteiger partial charge in [-0.25, -0.2) is 0 Å². The number of benzene rings is 1. The van der Waals surface area contributed by atoms with E-state index in [4.69, 9.17) is 0 Å². The summed E-state index contributed by atoms with van der Waals surface area (Å²) in [6.45, 7) is 4.84. The molecule has 0 fully saturated rings. The van der Waals surface area contributed by atoms with Crippen molar-refractivity contribution in [3.05, 3.63) is 75.0 Å². The number of rotatable bonds is 12. The van der Waals surface area contributed by atoms with Crippen LogP contribution >= 0.6 is 11.8 Å². The Kier molecular flexibility index (Phi) is 10.1. The fourth-order valence-electron chi connectivity index (χ4n) is 5.12. The molecule has 1 aromatic carbocycles. The molecule has 1 N–H and O–H groups in total. The fourth-order valence-corrected chi connectivity index (χ4v) is 5.83. The van der Waals surface area contributed by atoms with Crippen LogP contribution in [0, 0.1) is 12.8 Å². The van der Waals surface area contributed by atoms with Crippen LogP contribution in [0.2, 0.25) is 0 Å². The number of allylic oxidation sites excluding steroid dienone is 6. The molecule has 1 aliphatic heterocycles. The van der Waals surface area contributed by atoms with Crippen molar-refractivity contribution in [2.75, 3.05) is 18.8 Å². The third kappa shape index (κ3) is 8.65. The zero-order valence-corrected chi connectivity index (χ0v) is 24.9. The standard InChI is InChI=1S/C32H36F4N2O3S/c1-4-32(35,36)42-16-14-37-30(40)28-18-26-20-38(15-13-25(26)17-21(28)2)19-22-5-7-23(8-6-22)29(39)24-9-11-27(12-10-24)41-31(3,33)34/h7,9,11,15,17-18,20,22H,4-6,8,10,12,14,16,19H2,1-3H3,(H,37,40). The Morgan fingerprint density at radius 1 is 1.14 bits per heavy atom. The van der Waals surface area contributed by atoms with Gasteiger partial charge in [0.1, 0.15) is 5.76 Å². The molecule has 0 radical (unpaired) electrons. The molecular weight excluding hydrogens is 568 g/mol. The smallest absolute Gasteiger partial charge is 0.394 e. The Labute approximate surface area is 247 Å². The summed E-state index contributed by atoms with van der Waals surface area (Å²) in [5.74, 6) is 0.295. The van der Waals surface area contributed by atoms with Crippen molar-refractivity contribution in [3.63, 3.8) is 0 Å². The number of nitrogens with one attached hydrogen (secondary N) is 1. The van der Waals surface area contributed by atoms with Crippen LogP contribution in [-0.2, 0) is 9.53 Å². The van der Waals surface area contributed by atoms with Gasteiger partial charge in [-0.15, -0.1) is 0 Å². The number of hydrogen-bond acceptors (Lipinski definition) is 5. The van der Waals surface area contributed by atoms with Crippen LogP contribution in [0.25, 0.3) is 11.9 Å². The maximum absolute atomic E-state index is 13.4. The van der Waals surface area contributed by atoms with Crippen molar-refractivity contribution in [2.24, 2.45) is 5.92 Å². The molecule has 0 bridgehead atoms. The molecule has 1 amide bonds. The lowest BCUT2D eigenvalue weighted by molar-refractivity contribution is -0.199. The second-order valence-electron chi connectivity index (χ2n) is 10.9. The van der Waals surface area contributed by atoms with E-state index in [1.54, 1.807) is 6.08 Å². The van der Waals surface area contributed by atoms with Crippen molar-refractivity contribution >= 4 is 35.4 Å². The van der Waals surface area contributed by atoms with E-state index in [1.165, 1.54) is 13.0 Å². The molecule has 226 valence electrons.